The first kappa shape index (κ1) is 15.4. The molecule has 0 aliphatic heterocycles. The molecule has 1 aromatic rings. The van der Waals surface area contributed by atoms with Crippen LogP contribution in [0.15, 0.2) is 18.3 Å². The van der Waals surface area contributed by atoms with Gasteiger partial charge in [-0.1, -0.05) is 25.7 Å². The molecule has 1 fully saturated rings. The predicted molar refractivity (Wildman–Crippen MR) is 74.3 cm³/mol. The van der Waals surface area contributed by atoms with Gasteiger partial charge in [-0.3, -0.25) is 9.59 Å². The molecule has 0 unspecified atom stereocenters. The van der Waals surface area contributed by atoms with E-state index in [2.05, 4.69) is 10.3 Å². The summed E-state index contributed by atoms with van der Waals surface area (Å²) in [6, 6.07) is 2.44. The number of halogens is 1. The lowest BCUT2D eigenvalue weighted by Crippen LogP contribution is -2.43. The van der Waals surface area contributed by atoms with Crippen LogP contribution in [0, 0.1) is 11.2 Å². The van der Waals surface area contributed by atoms with E-state index in [1.165, 1.54) is 6.07 Å². The largest absolute Gasteiger partial charge is 0.481 e. The van der Waals surface area contributed by atoms with Crippen molar-refractivity contribution in [2.45, 2.75) is 38.5 Å². The molecule has 1 saturated carbocycles. The van der Waals surface area contributed by atoms with Crippen molar-refractivity contribution in [1.82, 2.24) is 10.3 Å². The number of rotatable bonds is 4. The molecule has 0 radical (unpaired) electrons. The highest BCUT2D eigenvalue weighted by Crippen LogP contribution is 2.34. The van der Waals surface area contributed by atoms with E-state index in [0.717, 1.165) is 37.9 Å². The molecular formula is C15H19FN2O3. The van der Waals surface area contributed by atoms with E-state index in [0.29, 0.717) is 12.8 Å². The van der Waals surface area contributed by atoms with Gasteiger partial charge in [0, 0.05) is 6.54 Å². The van der Waals surface area contributed by atoms with Crippen LogP contribution in [0.5, 0.6) is 0 Å². The summed E-state index contributed by atoms with van der Waals surface area (Å²) >= 11 is 0. The Labute approximate surface area is 122 Å². The van der Waals surface area contributed by atoms with Crippen LogP contribution in [-0.2, 0) is 4.79 Å². The van der Waals surface area contributed by atoms with E-state index < -0.39 is 23.1 Å². The van der Waals surface area contributed by atoms with Crippen LogP contribution in [0.3, 0.4) is 0 Å². The van der Waals surface area contributed by atoms with Gasteiger partial charge in [0.2, 0.25) is 0 Å². The van der Waals surface area contributed by atoms with Crippen LogP contribution in [0.4, 0.5) is 4.39 Å². The zero-order valence-corrected chi connectivity index (χ0v) is 11.8. The van der Waals surface area contributed by atoms with Crippen molar-refractivity contribution in [2.75, 3.05) is 6.54 Å². The Bertz CT molecular complexity index is 508. The van der Waals surface area contributed by atoms with Gasteiger partial charge < -0.3 is 10.4 Å². The van der Waals surface area contributed by atoms with Crippen LogP contribution >= 0.6 is 0 Å². The maximum absolute atomic E-state index is 12.8. The average Bonchev–Trinajstić information content (AvgIpc) is 2.72. The quantitative estimate of drug-likeness (QED) is 0.836. The van der Waals surface area contributed by atoms with Crippen molar-refractivity contribution in [3.63, 3.8) is 0 Å². The van der Waals surface area contributed by atoms with Gasteiger partial charge in [-0.15, -0.1) is 0 Å². The van der Waals surface area contributed by atoms with Crippen molar-refractivity contribution in [3.8, 4) is 0 Å². The molecule has 0 aromatic carbocycles. The Hall–Kier alpha value is -1.98. The minimum atomic E-state index is -0.897. The van der Waals surface area contributed by atoms with Crippen molar-refractivity contribution < 1.29 is 19.1 Å². The maximum atomic E-state index is 12.8. The van der Waals surface area contributed by atoms with Crippen LogP contribution in [0.1, 0.15) is 49.0 Å². The Morgan fingerprint density at radius 2 is 1.90 bits per heavy atom. The van der Waals surface area contributed by atoms with E-state index in [-0.39, 0.29) is 12.2 Å². The molecule has 1 amide bonds. The fraction of sp³-hybridized carbons (Fsp3) is 0.533. The number of amides is 1. The SMILES string of the molecule is O=C(NCC1(C(=O)O)CCCCCC1)c1ccc(F)cn1. The number of carboxylic acids is 1. The number of aromatic nitrogens is 1. The molecular weight excluding hydrogens is 275 g/mol. The second-order valence-corrected chi connectivity index (χ2v) is 5.54. The van der Waals surface area contributed by atoms with Crippen LogP contribution < -0.4 is 5.32 Å². The van der Waals surface area contributed by atoms with E-state index in [1.807, 2.05) is 0 Å². The molecule has 0 atom stereocenters. The fourth-order valence-electron chi connectivity index (χ4n) is 2.72. The number of hydrogen-bond donors (Lipinski definition) is 2. The third-order valence-electron chi connectivity index (χ3n) is 4.06. The van der Waals surface area contributed by atoms with Crippen molar-refractivity contribution >= 4 is 11.9 Å². The number of carboxylic acid groups (broad SMARTS) is 1. The van der Waals surface area contributed by atoms with Gasteiger partial charge in [0.25, 0.3) is 5.91 Å². The van der Waals surface area contributed by atoms with Gasteiger partial charge in [-0.2, -0.15) is 0 Å². The highest BCUT2D eigenvalue weighted by molar-refractivity contribution is 5.92. The number of aliphatic carboxylic acids is 1. The smallest absolute Gasteiger partial charge is 0.311 e. The molecule has 114 valence electrons. The Morgan fingerprint density at radius 1 is 1.24 bits per heavy atom. The van der Waals surface area contributed by atoms with Gasteiger partial charge >= 0.3 is 5.97 Å². The molecule has 6 heteroatoms. The summed E-state index contributed by atoms with van der Waals surface area (Å²) in [6.07, 6.45) is 5.88. The number of pyridine rings is 1. The molecule has 1 aliphatic rings. The number of hydrogen-bond acceptors (Lipinski definition) is 3. The average molecular weight is 294 g/mol. The third kappa shape index (κ3) is 3.77. The van der Waals surface area contributed by atoms with E-state index in [1.54, 1.807) is 0 Å². The monoisotopic (exact) mass is 294 g/mol. The second kappa shape index (κ2) is 6.65. The minimum absolute atomic E-state index is 0.0836. The molecule has 0 bridgehead atoms. The van der Waals surface area contributed by atoms with Gasteiger partial charge in [-0.25, -0.2) is 9.37 Å². The van der Waals surface area contributed by atoms with Gasteiger partial charge in [0.05, 0.1) is 11.6 Å². The summed E-state index contributed by atoms with van der Waals surface area (Å²) in [7, 11) is 0. The van der Waals surface area contributed by atoms with E-state index in [9.17, 15) is 19.1 Å². The Balaban J connectivity index is 2.02. The third-order valence-corrected chi connectivity index (χ3v) is 4.06. The maximum Gasteiger partial charge on any atom is 0.311 e. The molecule has 21 heavy (non-hydrogen) atoms. The number of carbonyl (C=O) groups excluding carboxylic acids is 1. The van der Waals surface area contributed by atoms with Crippen LogP contribution in [0.2, 0.25) is 0 Å². The Morgan fingerprint density at radius 3 is 2.43 bits per heavy atom. The lowest BCUT2D eigenvalue weighted by Gasteiger charge is -2.28. The molecule has 5 nitrogen and oxygen atoms in total. The lowest BCUT2D eigenvalue weighted by atomic mass is 9.80. The first-order valence-electron chi connectivity index (χ1n) is 7.17. The fourth-order valence-corrected chi connectivity index (χ4v) is 2.72. The van der Waals surface area contributed by atoms with Gasteiger partial charge in [0.15, 0.2) is 0 Å². The topological polar surface area (TPSA) is 79.3 Å². The predicted octanol–water partition coefficient (Wildman–Crippen LogP) is 2.38. The van der Waals surface area contributed by atoms with E-state index in [4.69, 9.17) is 0 Å². The number of nitrogens with one attached hydrogen (secondary N) is 1. The van der Waals surface area contributed by atoms with Gasteiger partial charge in [-0.05, 0) is 25.0 Å². The van der Waals surface area contributed by atoms with Crippen LogP contribution in [-0.4, -0.2) is 28.5 Å². The summed E-state index contributed by atoms with van der Waals surface area (Å²) in [4.78, 5) is 27.3. The molecule has 2 N–H and O–H groups in total. The molecule has 1 aliphatic carbocycles. The summed E-state index contributed by atoms with van der Waals surface area (Å²) in [6.45, 7) is 0.0836. The normalized spacial score (nSPS) is 17.8. The summed E-state index contributed by atoms with van der Waals surface area (Å²) < 4.78 is 12.8. The molecule has 0 saturated heterocycles. The highest BCUT2D eigenvalue weighted by Gasteiger charge is 2.38. The summed E-state index contributed by atoms with van der Waals surface area (Å²) in [5, 5.41) is 12.2. The lowest BCUT2D eigenvalue weighted by molar-refractivity contribution is -0.149. The van der Waals surface area contributed by atoms with E-state index >= 15 is 0 Å². The minimum Gasteiger partial charge on any atom is -0.481 e. The Kier molecular flexibility index (Phi) is 4.88. The first-order valence-corrected chi connectivity index (χ1v) is 7.17. The summed E-state index contributed by atoms with van der Waals surface area (Å²) in [5.74, 6) is -1.85. The van der Waals surface area contributed by atoms with Crippen molar-refractivity contribution in [1.29, 1.82) is 0 Å². The zero-order valence-electron chi connectivity index (χ0n) is 11.8. The van der Waals surface area contributed by atoms with Gasteiger partial charge in [0.1, 0.15) is 11.5 Å². The summed E-state index contributed by atoms with van der Waals surface area (Å²) in [5.41, 5.74) is -0.808. The number of nitrogens with zero attached hydrogens (tertiary/aromatic N) is 1. The van der Waals surface area contributed by atoms with Crippen molar-refractivity contribution in [3.05, 3.63) is 29.8 Å². The first-order chi connectivity index (χ1) is 10.0. The van der Waals surface area contributed by atoms with Crippen LogP contribution in [0.25, 0.3) is 0 Å². The second-order valence-electron chi connectivity index (χ2n) is 5.54. The molecule has 2 rings (SSSR count). The zero-order chi connectivity index (χ0) is 15.3. The number of carbonyl (C=O) groups is 2. The molecule has 1 aromatic heterocycles. The standard InChI is InChI=1S/C15H19FN2O3/c16-11-5-6-12(17-9-11)13(19)18-10-15(14(20)21)7-3-1-2-4-8-15/h5-6,9H,1-4,7-8,10H2,(H,18,19)(H,20,21). The van der Waals surface area contributed by atoms with Crippen molar-refractivity contribution in [2.24, 2.45) is 5.41 Å². The highest BCUT2D eigenvalue weighted by atomic mass is 19.1. The molecule has 0 spiro atoms. The molecule has 1 heterocycles.